The van der Waals surface area contributed by atoms with E-state index in [-0.39, 0.29) is 5.82 Å². The summed E-state index contributed by atoms with van der Waals surface area (Å²) in [6, 6.07) is 8.53. The predicted octanol–water partition coefficient (Wildman–Crippen LogP) is 2.15. The van der Waals surface area contributed by atoms with Crippen molar-refractivity contribution in [2.75, 3.05) is 13.1 Å². The van der Waals surface area contributed by atoms with Crippen LogP contribution in [0.25, 0.3) is 0 Å². The highest BCUT2D eigenvalue weighted by Crippen LogP contribution is 2.23. The van der Waals surface area contributed by atoms with E-state index in [0.717, 1.165) is 12.1 Å². The maximum atomic E-state index is 14.0. The lowest BCUT2D eigenvalue weighted by Gasteiger charge is -2.12. The molecule has 0 fully saturated rings. The number of hydrogen-bond donors (Lipinski definition) is 1. The van der Waals surface area contributed by atoms with Crippen molar-refractivity contribution in [3.63, 3.8) is 0 Å². The molecule has 102 valence electrons. The van der Waals surface area contributed by atoms with Crippen molar-refractivity contribution in [1.82, 2.24) is 10.3 Å². The molecule has 5 heteroatoms. The summed E-state index contributed by atoms with van der Waals surface area (Å²) >= 11 is 0. The van der Waals surface area contributed by atoms with E-state index in [1.807, 2.05) is 12.1 Å². The summed E-state index contributed by atoms with van der Waals surface area (Å²) < 4.78 is 19.7. The molecule has 0 unspecified atom stereocenters. The molecule has 0 atom stereocenters. The number of amidine groups is 1. The third-order valence-corrected chi connectivity index (χ3v) is 3.03. The maximum Gasteiger partial charge on any atom is 0.137 e. The first-order valence-corrected chi connectivity index (χ1v) is 6.43. The van der Waals surface area contributed by atoms with E-state index in [0.29, 0.717) is 30.3 Å². The van der Waals surface area contributed by atoms with Gasteiger partial charge in [0, 0.05) is 18.9 Å². The van der Waals surface area contributed by atoms with Gasteiger partial charge >= 0.3 is 0 Å². The van der Waals surface area contributed by atoms with Crippen LogP contribution in [-0.4, -0.2) is 23.9 Å². The highest BCUT2D eigenvalue weighted by atomic mass is 19.1. The van der Waals surface area contributed by atoms with E-state index in [1.165, 1.54) is 6.07 Å². The van der Waals surface area contributed by atoms with Crippen LogP contribution in [0.15, 0.2) is 47.7 Å². The van der Waals surface area contributed by atoms with Crippen LogP contribution in [0.2, 0.25) is 0 Å². The first-order chi connectivity index (χ1) is 9.84. The fourth-order valence-electron chi connectivity index (χ4n) is 2.06. The third kappa shape index (κ3) is 2.61. The van der Waals surface area contributed by atoms with Crippen molar-refractivity contribution in [2.24, 2.45) is 4.99 Å². The molecule has 0 bridgehead atoms. The second-order valence-electron chi connectivity index (χ2n) is 4.41. The molecule has 0 radical (unpaired) electrons. The summed E-state index contributed by atoms with van der Waals surface area (Å²) in [7, 11) is 0. The molecule has 1 aromatic carbocycles. The lowest BCUT2D eigenvalue weighted by atomic mass is 10.1. The summed E-state index contributed by atoms with van der Waals surface area (Å²) in [5.74, 6) is 0.730. The molecule has 0 aliphatic carbocycles. The van der Waals surface area contributed by atoms with Crippen molar-refractivity contribution < 1.29 is 9.13 Å². The lowest BCUT2D eigenvalue weighted by Crippen LogP contribution is -2.21. The number of aromatic nitrogens is 1. The lowest BCUT2D eigenvalue weighted by molar-refractivity contribution is 0.303. The van der Waals surface area contributed by atoms with Crippen LogP contribution in [0.1, 0.15) is 11.1 Å². The molecule has 0 saturated heterocycles. The average Bonchev–Trinajstić information content (AvgIpc) is 3.00. The van der Waals surface area contributed by atoms with Crippen LogP contribution in [-0.2, 0) is 6.61 Å². The molecule has 0 amide bonds. The summed E-state index contributed by atoms with van der Waals surface area (Å²) in [6.45, 7) is 1.76. The van der Waals surface area contributed by atoms with E-state index < -0.39 is 0 Å². The van der Waals surface area contributed by atoms with Crippen LogP contribution in [0.3, 0.4) is 0 Å². The van der Waals surface area contributed by atoms with Crippen LogP contribution < -0.4 is 10.1 Å². The Balaban J connectivity index is 1.84. The largest absolute Gasteiger partial charge is 0.488 e. The molecule has 0 spiro atoms. The Morgan fingerprint density at radius 1 is 1.20 bits per heavy atom. The number of benzene rings is 1. The summed E-state index contributed by atoms with van der Waals surface area (Å²) in [5.41, 5.74) is 1.38. The molecular weight excluding hydrogens is 257 g/mol. The number of nitrogens with zero attached hydrogens (tertiary/aromatic N) is 2. The van der Waals surface area contributed by atoms with Gasteiger partial charge in [-0.1, -0.05) is 6.07 Å². The average molecular weight is 271 g/mol. The molecule has 2 heterocycles. The minimum atomic E-state index is -0.328. The number of aliphatic imine (C=N–C) groups is 1. The molecule has 1 aliphatic rings. The van der Waals surface area contributed by atoms with Gasteiger partial charge in [-0.25, -0.2) is 4.39 Å². The zero-order chi connectivity index (χ0) is 13.8. The Hall–Kier alpha value is -2.43. The Kier molecular flexibility index (Phi) is 3.58. The van der Waals surface area contributed by atoms with Crippen LogP contribution in [0, 0.1) is 5.82 Å². The number of ether oxygens (including phenoxy) is 1. The van der Waals surface area contributed by atoms with Crippen LogP contribution in [0.5, 0.6) is 5.75 Å². The first kappa shape index (κ1) is 12.6. The smallest absolute Gasteiger partial charge is 0.137 e. The minimum absolute atomic E-state index is 0.328. The summed E-state index contributed by atoms with van der Waals surface area (Å²) in [4.78, 5) is 8.21. The van der Waals surface area contributed by atoms with Gasteiger partial charge in [0.25, 0.3) is 0 Å². The molecule has 2 aromatic rings. The van der Waals surface area contributed by atoms with Crippen LogP contribution in [0.4, 0.5) is 4.39 Å². The van der Waals surface area contributed by atoms with Gasteiger partial charge in [-0.05, 0) is 29.8 Å². The standard InChI is InChI=1S/C15H14FN3O/c16-12-2-1-3-13(14(12)15-18-8-9-19-15)20-10-11-4-6-17-7-5-11/h1-7H,8-10H2,(H,18,19). The predicted molar refractivity (Wildman–Crippen MR) is 74.4 cm³/mol. The number of pyridine rings is 1. The number of hydrogen-bond acceptors (Lipinski definition) is 4. The quantitative estimate of drug-likeness (QED) is 0.926. The van der Waals surface area contributed by atoms with E-state index in [2.05, 4.69) is 15.3 Å². The first-order valence-electron chi connectivity index (χ1n) is 6.43. The molecule has 3 rings (SSSR count). The highest BCUT2D eigenvalue weighted by Gasteiger charge is 2.18. The molecule has 4 nitrogen and oxygen atoms in total. The topological polar surface area (TPSA) is 46.5 Å². The van der Waals surface area contributed by atoms with Crippen molar-refractivity contribution in [3.05, 3.63) is 59.7 Å². The summed E-state index contributed by atoms with van der Waals surface area (Å²) in [6.07, 6.45) is 3.40. The van der Waals surface area contributed by atoms with Crippen molar-refractivity contribution >= 4 is 5.84 Å². The molecule has 20 heavy (non-hydrogen) atoms. The van der Waals surface area contributed by atoms with Crippen molar-refractivity contribution in [3.8, 4) is 5.75 Å². The number of halogens is 1. The Bertz CT molecular complexity index is 628. The van der Waals surface area contributed by atoms with Gasteiger partial charge in [0.05, 0.1) is 12.1 Å². The molecular formula is C15H14FN3O. The number of rotatable bonds is 4. The van der Waals surface area contributed by atoms with Gasteiger partial charge in [-0.15, -0.1) is 0 Å². The van der Waals surface area contributed by atoms with E-state index in [1.54, 1.807) is 24.5 Å². The molecule has 1 N–H and O–H groups in total. The second-order valence-corrected chi connectivity index (χ2v) is 4.41. The Morgan fingerprint density at radius 2 is 2.05 bits per heavy atom. The number of nitrogens with one attached hydrogen (secondary N) is 1. The van der Waals surface area contributed by atoms with Gasteiger partial charge in [-0.2, -0.15) is 0 Å². The molecule has 1 aromatic heterocycles. The van der Waals surface area contributed by atoms with Gasteiger partial charge < -0.3 is 10.1 Å². The Morgan fingerprint density at radius 3 is 2.80 bits per heavy atom. The SMILES string of the molecule is Fc1cccc(OCc2ccncc2)c1C1=NCCN1. The molecule has 1 aliphatic heterocycles. The Labute approximate surface area is 116 Å². The van der Waals surface area contributed by atoms with Crippen LogP contribution >= 0.6 is 0 Å². The third-order valence-electron chi connectivity index (χ3n) is 3.03. The van der Waals surface area contributed by atoms with Gasteiger partial charge in [0.2, 0.25) is 0 Å². The van der Waals surface area contributed by atoms with Crippen molar-refractivity contribution in [1.29, 1.82) is 0 Å². The van der Waals surface area contributed by atoms with E-state index in [9.17, 15) is 4.39 Å². The van der Waals surface area contributed by atoms with Gasteiger partial charge in [0.15, 0.2) is 0 Å². The second kappa shape index (κ2) is 5.69. The van der Waals surface area contributed by atoms with Gasteiger partial charge in [-0.3, -0.25) is 9.98 Å². The molecule has 0 saturated carbocycles. The maximum absolute atomic E-state index is 14.0. The monoisotopic (exact) mass is 271 g/mol. The van der Waals surface area contributed by atoms with E-state index in [4.69, 9.17) is 4.74 Å². The fourth-order valence-corrected chi connectivity index (χ4v) is 2.06. The fraction of sp³-hybridized carbons (Fsp3) is 0.200. The zero-order valence-corrected chi connectivity index (χ0v) is 10.8. The summed E-state index contributed by atoms with van der Waals surface area (Å²) in [5, 5.41) is 3.07. The van der Waals surface area contributed by atoms with Crippen molar-refractivity contribution in [2.45, 2.75) is 6.61 Å². The van der Waals surface area contributed by atoms with Gasteiger partial charge in [0.1, 0.15) is 24.0 Å². The van der Waals surface area contributed by atoms with E-state index >= 15 is 0 Å². The normalized spacial score (nSPS) is 13.8. The highest BCUT2D eigenvalue weighted by molar-refractivity contribution is 6.02. The zero-order valence-electron chi connectivity index (χ0n) is 10.8. The minimum Gasteiger partial charge on any atom is -0.488 e.